The van der Waals surface area contributed by atoms with Gasteiger partial charge in [-0.25, -0.2) is 4.39 Å². The zero-order valence-corrected chi connectivity index (χ0v) is 14.1. The third-order valence-electron chi connectivity index (χ3n) is 5.18. The maximum absolute atomic E-state index is 13.9. The van der Waals surface area contributed by atoms with Crippen molar-refractivity contribution >= 4 is 11.6 Å². The molecule has 2 heterocycles. The number of hydrogen-bond acceptors (Lipinski definition) is 4. The molecular weight excluding hydrogens is 323 g/mol. The predicted octanol–water partition coefficient (Wildman–Crippen LogP) is 2.77. The molecule has 1 spiro atoms. The lowest BCUT2D eigenvalue weighted by atomic mass is 9.73. The zero-order valence-electron chi connectivity index (χ0n) is 14.1. The van der Waals surface area contributed by atoms with Crippen LogP contribution in [0.1, 0.15) is 23.6 Å². The summed E-state index contributed by atoms with van der Waals surface area (Å²) in [5.41, 5.74) is 1.42. The van der Waals surface area contributed by atoms with Gasteiger partial charge >= 0.3 is 0 Å². The van der Waals surface area contributed by atoms with Gasteiger partial charge in [0.1, 0.15) is 17.3 Å². The number of nitrogens with one attached hydrogen (secondary N) is 2. The molecule has 6 heteroatoms. The normalized spacial score (nSPS) is 24.3. The van der Waals surface area contributed by atoms with Crippen LogP contribution in [0.4, 0.5) is 10.1 Å². The Hall–Kier alpha value is -2.60. The summed E-state index contributed by atoms with van der Waals surface area (Å²) in [7, 11) is 3.17. The van der Waals surface area contributed by atoms with Crippen molar-refractivity contribution in [1.29, 1.82) is 0 Å². The van der Waals surface area contributed by atoms with Gasteiger partial charge in [0.25, 0.3) is 0 Å². The number of ether oxygens (including phenoxy) is 2. The number of carbonyl (C=O) groups excluding carboxylic acids is 1. The van der Waals surface area contributed by atoms with Crippen LogP contribution >= 0.6 is 0 Å². The second-order valence-electron chi connectivity index (χ2n) is 6.40. The number of amides is 1. The Morgan fingerprint density at radius 3 is 2.52 bits per heavy atom. The first-order valence-corrected chi connectivity index (χ1v) is 8.16. The van der Waals surface area contributed by atoms with Crippen molar-refractivity contribution in [2.24, 2.45) is 0 Å². The minimum atomic E-state index is -0.838. The van der Waals surface area contributed by atoms with Crippen LogP contribution in [0.2, 0.25) is 0 Å². The molecule has 2 N–H and O–H groups in total. The maximum atomic E-state index is 13.9. The average Bonchev–Trinajstić information content (AvgIpc) is 3.18. The molecule has 25 heavy (non-hydrogen) atoms. The molecule has 2 aliphatic heterocycles. The van der Waals surface area contributed by atoms with Crippen molar-refractivity contribution in [3.8, 4) is 11.5 Å². The molecule has 130 valence electrons. The Kier molecular flexibility index (Phi) is 3.65. The summed E-state index contributed by atoms with van der Waals surface area (Å²) in [6, 6.07) is 9.72. The summed E-state index contributed by atoms with van der Waals surface area (Å²) >= 11 is 0. The minimum Gasteiger partial charge on any atom is -0.497 e. The van der Waals surface area contributed by atoms with Crippen molar-refractivity contribution in [2.45, 2.75) is 17.9 Å². The monoisotopic (exact) mass is 342 g/mol. The van der Waals surface area contributed by atoms with Gasteiger partial charge in [0.15, 0.2) is 0 Å². The Morgan fingerprint density at radius 2 is 1.84 bits per heavy atom. The van der Waals surface area contributed by atoms with Crippen LogP contribution in [-0.4, -0.2) is 26.7 Å². The van der Waals surface area contributed by atoms with Crippen molar-refractivity contribution in [2.75, 3.05) is 26.1 Å². The summed E-state index contributed by atoms with van der Waals surface area (Å²) in [5.74, 6) is 0.848. The summed E-state index contributed by atoms with van der Waals surface area (Å²) in [6.07, 6.45) is 0.597. The van der Waals surface area contributed by atoms with E-state index in [-0.39, 0.29) is 17.8 Å². The lowest BCUT2D eigenvalue weighted by Gasteiger charge is -2.30. The van der Waals surface area contributed by atoms with E-state index in [0.29, 0.717) is 35.7 Å². The van der Waals surface area contributed by atoms with Gasteiger partial charge in [-0.3, -0.25) is 4.79 Å². The first kappa shape index (κ1) is 15.9. The highest BCUT2D eigenvalue weighted by Crippen LogP contribution is 2.51. The Bertz CT molecular complexity index is 832. The molecule has 4 rings (SSSR count). The van der Waals surface area contributed by atoms with Gasteiger partial charge in [0, 0.05) is 11.8 Å². The average molecular weight is 342 g/mol. The van der Waals surface area contributed by atoms with E-state index in [0.717, 1.165) is 5.56 Å². The van der Waals surface area contributed by atoms with E-state index in [1.807, 2.05) is 12.1 Å². The van der Waals surface area contributed by atoms with E-state index >= 15 is 0 Å². The standard InChI is InChI=1S/C19H19FN2O3/c1-24-13-7-11(8-14(10-13)25-2)17-19(5-6-21-17)15-9-12(20)3-4-16(15)22-18(19)23/h3-4,7-10,17,21H,5-6H2,1-2H3,(H,22,23)/t17-,19+/m1/s1. The van der Waals surface area contributed by atoms with E-state index in [1.165, 1.54) is 12.1 Å². The molecule has 5 nitrogen and oxygen atoms in total. The van der Waals surface area contributed by atoms with Crippen LogP contribution < -0.4 is 20.1 Å². The topological polar surface area (TPSA) is 59.6 Å². The molecule has 0 unspecified atom stereocenters. The number of halogens is 1. The molecule has 1 amide bonds. The third-order valence-corrected chi connectivity index (χ3v) is 5.18. The van der Waals surface area contributed by atoms with Crippen LogP contribution in [0.25, 0.3) is 0 Å². The van der Waals surface area contributed by atoms with Gasteiger partial charge in [-0.1, -0.05) is 0 Å². The van der Waals surface area contributed by atoms with Crippen LogP contribution in [-0.2, 0) is 10.2 Å². The SMILES string of the molecule is COc1cc(OC)cc([C@H]2NCC[C@@]23C(=O)Nc2ccc(F)cc23)c1. The molecule has 0 saturated carbocycles. The summed E-state index contributed by atoms with van der Waals surface area (Å²) in [5, 5.41) is 6.31. The van der Waals surface area contributed by atoms with E-state index < -0.39 is 5.41 Å². The predicted molar refractivity (Wildman–Crippen MR) is 91.6 cm³/mol. The molecule has 0 aliphatic carbocycles. The largest absolute Gasteiger partial charge is 0.497 e. The number of fused-ring (bicyclic) bond motifs is 2. The van der Waals surface area contributed by atoms with E-state index in [9.17, 15) is 9.18 Å². The van der Waals surface area contributed by atoms with Crippen LogP contribution in [0, 0.1) is 5.82 Å². The van der Waals surface area contributed by atoms with Gasteiger partial charge in [0.2, 0.25) is 5.91 Å². The summed E-state index contributed by atoms with van der Waals surface area (Å²) < 4.78 is 24.6. The van der Waals surface area contributed by atoms with Gasteiger partial charge in [-0.05, 0) is 54.4 Å². The highest BCUT2D eigenvalue weighted by molar-refractivity contribution is 6.07. The lowest BCUT2D eigenvalue weighted by Crippen LogP contribution is -2.39. The number of rotatable bonds is 3. The van der Waals surface area contributed by atoms with Crippen LogP contribution in [0.5, 0.6) is 11.5 Å². The van der Waals surface area contributed by atoms with Gasteiger partial charge in [-0.15, -0.1) is 0 Å². The van der Waals surface area contributed by atoms with Crippen molar-refractivity contribution in [3.05, 3.63) is 53.3 Å². The molecular formula is C19H19FN2O3. The fraction of sp³-hybridized carbons (Fsp3) is 0.316. The van der Waals surface area contributed by atoms with Crippen molar-refractivity contribution < 1.29 is 18.7 Å². The maximum Gasteiger partial charge on any atom is 0.237 e. The molecule has 2 aromatic carbocycles. The summed E-state index contributed by atoms with van der Waals surface area (Å²) in [4.78, 5) is 12.9. The fourth-order valence-electron chi connectivity index (χ4n) is 4.02. The van der Waals surface area contributed by atoms with Gasteiger partial charge in [0.05, 0.1) is 25.7 Å². The Labute approximate surface area is 145 Å². The van der Waals surface area contributed by atoms with Crippen molar-refractivity contribution in [3.63, 3.8) is 0 Å². The Morgan fingerprint density at radius 1 is 1.12 bits per heavy atom. The molecule has 0 radical (unpaired) electrons. The molecule has 0 aromatic heterocycles. The van der Waals surface area contributed by atoms with Crippen LogP contribution in [0.3, 0.4) is 0 Å². The molecule has 1 saturated heterocycles. The molecule has 2 aliphatic rings. The van der Waals surface area contributed by atoms with Crippen molar-refractivity contribution in [1.82, 2.24) is 5.32 Å². The first-order valence-electron chi connectivity index (χ1n) is 8.16. The molecule has 2 atom stereocenters. The molecule has 2 aromatic rings. The van der Waals surface area contributed by atoms with E-state index in [1.54, 1.807) is 26.4 Å². The number of carbonyl (C=O) groups is 1. The second-order valence-corrected chi connectivity index (χ2v) is 6.40. The summed E-state index contributed by atoms with van der Waals surface area (Å²) in [6.45, 7) is 0.660. The van der Waals surface area contributed by atoms with Crippen LogP contribution in [0.15, 0.2) is 36.4 Å². The minimum absolute atomic E-state index is 0.107. The zero-order chi connectivity index (χ0) is 17.6. The number of anilines is 1. The fourth-order valence-corrected chi connectivity index (χ4v) is 4.02. The first-order chi connectivity index (χ1) is 12.1. The second kappa shape index (κ2) is 5.74. The van der Waals surface area contributed by atoms with E-state index in [2.05, 4.69) is 10.6 Å². The number of methoxy groups -OCH3 is 2. The smallest absolute Gasteiger partial charge is 0.237 e. The van der Waals surface area contributed by atoms with Gasteiger partial charge < -0.3 is 20.1 Å². The quantitative estimate of drug-likeness (QED) is 0.900. The third kappa shape index (κ3) is 2.28. The number of benzene rings is 2. The molecule has 1 fully saturated rings. The lowest BCUT2D eigenvalue weighted by molar-refractivity contribution is -0.121. The highest BCUT2D eigenvalue weighted by atomic mass is 19.1. The highest BCUT2D eigenvalue weighted by Gasteiger charge is 2.55. The Balaban J connectivity index is 1.87. The van der Waals surface area contributed by atoms with Gasteiger partial charge in [-0.2, -0.15) is 0 Å². The number of hydrogen-bond donors (Lipinski definition) is 2. The molecule has 0 bridgehead atoms. The van der Waals surface area contributed by atoms with E-state index in [4.69, 9.17) is 9.47 Å².